The Kier molecular flexibility index (Phi) is 4.22. The van der Waals surface area contributed by atoms with Crippen molar-refractivity contribution < 1.29 is 9.13 Å². The van der Waals surface area contributed by atoms with Gasteiger partial charge in [-0.15, -0.1) is 0 Å². The minimum absolute atomic E-state index is 0.0683. The fourth-order valence-electron chi connectivity index (χ4n) is 1.26. The molecule has 0 heterocycles. The Labute approximate surface area is 88.9 Å². The zero-order valence-corrected chi connectivity index (χ0v) is 9.14. The van der Waals surface area contributed by atoms with E-state index in [-0.39, 0.29) is 17.6 Å². The highest BCUT2D eigenvalue weighted by Gasteiger charge is 2.10. The van der Waals surface area contributed by atoms with Gasteiger partial charge < -0.3 is 10.1 Å². The molecule has 14 heavy (non-hydrogen) atoms. The second kappa shape index (κ2) is 5.22. The molecule has 1 aromatic carbocycles. The molecular formula is C10H14FNOS. The van der Waals surface area contributed by atoms with E-state index in [1.165, 1.54) is 13.2 Å². The molecule has 0 aliphatic heterocycles. The molecule has 1 N–H and O–H groups in total. The highest BCUT2D eigenvalue weighted by molar-refractivity contribution is 7.80. The number of thiol groups is 1. The molecular weight excluding hydrogens is 201 g/mol. The Morgan fingerprint density at radius 1 is 1.57 bits per heavy atom. The van der Waals surface area contributed by atoms with E-state index in [9.17, 15) is 4.39 Å². The minimum atomic E-state index is -0.341. The van der Waals surface area contributed by atoms with Gasteiger partial charge in [0.05, 0.1) is 7.11 Å². The predicted octanol–water partition coefficient (Wildman–Crippen LogP) is 2.02. The molecule has 0 aliphatic carbocycles. The minimum Gasteiger partial charge on any atom is -0.494 e. The van der Waals surface area contributed by atoms with Gasteiger partial charge in [-0.05, 0) is 24.7 Å². The summed E-state index contributed by atoms with van der Waals surface area (Å²) in [6.45, 7) is 0. The van der Waals surface area contributed by atoms with Crippen molar-refractivity contribution in [3.05, 3.63) is 29.6 Å². The van der Waals surface area contributed by atoms with Crippen LogP contribution in [0.25, 0.3) is 0 Å². The zero-order chi connectivity index (χ0) is 10.6. The van der Waals surface area contributed by atoms with Crippen molar-refractivity contribution in [1.29, 1.82) is 0 Å². The quantitative estimate of drug-likeness (QED) is 0.750. The van der Waals surface area contributed by atoms with Crippen LogP contribution in [0.3, 0.4) is 0 Å². The van der Waals surface area contributed by atoms with Gasteiger partial charge >= 0.3 is 0 Å². The normalized spacial score (nSPS) is 12.6. The van der Waals surface area contributed by atoms with E-state index < -0.39 is 0 Å². The lowest BCUT2D eigenvalue weighted by atomic mass is 10.1. The summed E-state index contributed by atoms with van der Waals surface area (Å²) < 4.78 is 18.1. The van der Waals surface area contributed by atoms with Crippen LogP contribution in [0, 0.1) is 5.82 Å². The number of halogens is 1. The summed E-state index contributed by atoms with van der Waals surface area (Å²) in [7, 11) is 3.27. The van der Waals surface area contributed by atoms with Crippen molar-refractivity contribution in [1.82, 2.24) is 5.32 Å². The smallest absolute Gasteiger partial charge is 0.165 e. The van der Waals surface area contributed by atoms with Gasteiger partial charge in [0, 0.05) is 11.8 Å². The van der Waals surface area contributed by atoms with Gasteiger partial charge in [-0.2, -0.15) is 12.6 Å². The van der Waals surface area contributed by atoms with Crippen LogP contribution in [-0.2, 0) is 0 Å². The first-order chi connectivity index (χ1) is 6.72. The van der Waals surface area contributed by atoms with Crippen LogP contribution < -0.4 is 10.1 Å². The molecule has 4 heteroatoms. The van der Waals surface area contributed by atoms with E-state index in [2.05, 4.69) is 17.9 Å². The molecule has 0 aromatic heterocycles. The number of nitrogens with one attached hydrogen (secondary N) is 1. The van der Waals surface area contributed by atoms with Crippen molar-refractivity contribution in [3.63, 3.8) is 0 Å². The van der Waals surface area contributed by atoms with Gasteiger partial charge in [-0.25, -0.2) is 4.39 Å². The summed E-state index contributed by atoms with van der Waals surface area (Å²) in [5.74, 6) is 0.553. The Balaban J connectivity index is 2.95. The Bertz CT molecular complexity index is 302. The number of hydrogen-bond acceptors (Lipinski definition) is 3. The third kappa shape index (κ3) is 2.39. The monoisotopic (exact) mass is 215 g/mol. The summed E-state index contributed by atoms with van der Waals surface area (Å²) in [6, 6.07) is 4.99. The molecule has 0 spiro atoms. The van der Waals surface area contributed by atoms with Gasteiger partial charge in [-0.1, -0.05) is 6.07 Å². The molecule has 1 rings (SSSR count). The summed E-state index contributed by atoms with van der Waals surface area (Å²) >= 11 is 4.17. The standard InChI is InChI=1S/C10H14FNOS/c1-12-9(6-14)7-3-4-10(13-2)8(11)5-7/h3-5,9,12,14H,6H2,1-2H3. The topological polar surface area (TPSA) is 21.3 Å². The molecule has 0 bridgehead atoms. The van der Waals surface area contributed by atoms with Gasteiger partial charge in [0.1, 0.15) is 0 Å². The molecule has 1 unspecified atom stereocenters. The first-order valence-corrected chi connectivity index (χ1v) is 4.97. The average Bonchev–Trinajstić information content (AvgIpc) is 2.20. The van der Waals surface area contributed by atoms with E-state index in [0.29, 0.717) is 5.75 Å². The zero-order valence-electron chi connectivity index (χ0n) is 8.25. The van der Waals surface area contributed by atoms with E-state index in [1.807, 2.05) is 13.1 Å². The van der Waals surface area contributed by atoms with Crippen LogP contribution >= 0.6 is 12.6 Å². The summed E-state index contributed by atoms with van der Waals surface area (Å²) in [6.07, 6.45) is 0. The van der Waals surface area contributed by atoms with Gasteiger partial charge in [-0.3, -0.25) is 0 Å². The first-order valence-electron chi connectivity index (χ1n) is 4.34. The number of benzene rings is 1. The maximum absolute atomic E-state index is 13.3. The molecule has 0 fully saturated rings. The molecule has 1 atom stereocenters. The average molecular weight is 215 g/mol. The lowest BCUT2D eigenvalue weighted by Crippen LogP contribution is -2.17. The third-order valence-electron chi connectivity index (χ3n) is 2.11. The molecule has 78 valence electrons. The summed E-state index contributed by atoms with van der Waals surface area (Å²) in [4.78, 5) is 0. The maximum Gasteiger partial charge on any atom is 0.165 e. The lowest BCUT2D eigenvalue weighted by Gasteiger charge is -2.14. The molecule has 0 saturated heterocycles. The highest BCUT2D eigenvalue weighted by Crippen LogP contribution is 2.22. The second-order valence-electron chi connectivity index (χ2n) is 2.92. The molecule has 0 amide bonds. The first kappa shape index (κ1) is 11.3. The number of methoxy groups -OCH3 is 1. The van der Waals surface area contributed by atoms with Gasteiger partial charge in [0.15, 0.2) is 11.6 Å². The largest absolute Gasteiger partial charge is 0.494 e. The second-order valence-corrected chi connectivity index (χ2v) is 3.28. The SMILES string of the molecule is CNC(CS)c1ccc(OC)c(F)c1. The fraction of sp³-hybridized carbons (Fsp3) is 0.400. The Morgan fingerprint density at radius 3 is 2.71 bits per heavy atom. The predicted molar refractivity (Wildman–Crippen MR) is 58.6 cm³/mol. The van der Waals surface area contributed by atoms with Crippen LogP contribution in [-0.4, -0.2) is 19.9 Å². The number of rotatable bonds is 4. The Hall–Kier alpha value is -0.740. The number of ether oxygens (including phenoxy) is 1. The fourth-order valence-corrected chi connectivity index (χ4v) is 1.66. The maximum atomic E-state index is 13.3. The Morgan fingerprint density at radius 2 is 2.29 bits per heavy atom. The molecule has 0 radical (unpaired) electrons. The lowest BCUT2D eigenvalue weighted by molar-refractivity contribution is 0.385. The van der Waals surface area contributed by atoms with E-state index in [1.54, 1.807) is 6.07 Å². The molecule has 1 aromatic rings. The third-order valence-corrected chi connectivity index (χ3v) is 2.47. The van der Waals surface area contributed by atoms with Crippen molar-refractivity contribution in [3.8, 4) is 5.75 Å². The molecule has 0 aliphatic rings. The van der Waals surface area contributed by atoms with Crippen LogP contribution in [0.5, 0.6) is 5.75 Å². The highest BCUT2D eigenvalue weighted by atomic mass is 32.1. The van der Waals surface area contributed by atoms with Crippen molar-refractivity contribution in [2.75, 3.05) is 19.9 Å². The van der Waals surface area contributed by atoms with Crippen LogP contribution in [0.2, 0.25) is 0 Å². The van der Waals surface area contributed by atoms with Crippen LogP contribution in [0.4, 0.5) is 4.39 Å². The van der Waals surface area contributed by atoms with E-state index in [4.69, 9.17) is 4.74 Å². The van der Waals surface area contributed by atoms with E-state index >= 15 is 0 Å². The van der Waals surface area contributed by atoms with Crippen molar-refractivity contribution in [2.24, 2.45) is 0 Å². The van der Waals surface area contributed by atoms with Crippen molar-refractivity contribution in [2.45, 2.75) is 6.04 Å². The van der Waals surface area contributed by atoms with Crippen LogP contribution in [0.1, 0.15) is 11.6 Å². The van der Waals surface area contributed by atoms with Gasteiger partial charge in [0.2, 0.25) is 0 Å². The van der Waals surface area contributed by atoms with Crippen molar-refractivity contribution >= 4 is 12.6 Å². The summed E-state index contributed by atoms with van der Waals surface area (Å²) in [5.41, 5.74) is 0.876. The van der Waals surface area contributed by atoms with Crippen LogP contribution in [0.15, 0.2) is 18.2 Å². The van der Waals surface area contributed by atoms with Gasteiger partial charge in [0.25, 0.3) is 0 Å². The summed E-state index contributed by atoms with van der Waals surface area (Å²) in [5, 5.41) is 3.05. The molecule has 2 nitrogen and oxygen atoms in total. The van der Waals surface area contributed by atoms with E-state index in [0.717, 1.165) is 5.56 Å². The molecule has 0 saturated carbocycles. The number of hydrogen-bond donors (Lipinski definition) is 2.